The Kier molecular flexibility index (Phi) is 4.54. The summed E-state index contributed by atoms with van der Waals surface area (Å²) in [4.78, 5) is 19.6. The van der Waals surface area contributed by atoms with Crippen LogP contribution in [0, 0.1) is 11.7 Å². The van der Waals surface area contributed by atoms with Gasteiger partial charge in [0.05, 0.1) is 29.3 Å². The molecule has 2 saturated heterocycles. The molecule has 26 heavy (non-hydrogen) atoms. The summed E-state index contributed by atoms with van der Waals surface area (Å²) < 4.78 is 14.0. The van der Waals surface area contributed by atoms with Crippen LogP contribution < -0.4 is 16.0 Å². The smallest absolute Gasteiger partial charge is 0.225 e. The van der Waals surface area contributed by atoms with Crippen LogP contribution in [0.5, 0.6) is 0 Å². The van der Waals surface area contributed by atoms with E-state index in [0.29, 0.717) is 18.2 Å². The van der Waals surface area contributed by atoms with Crippen molar-refractivity contribution in [2.24, 2.45) is 11.7 Å². The molecule has 2 aliphatic rings. The molecule has 4 rings (SSSR count). The fourth-order valence-corrected chi connectivity index (χ4v) is 4.89. The molecule has 3 atom stereocenters. The SMILES string of the molecule is CC(C)c1nc(N2CC3CSC(N)NC3(c3cnccn3)C2)ncc1F. The number of nitrogens with zero attached hydrogens (tertiary/aromatic N) is 5. The lowest BCUT2D eigenvalue weighted by Gasteiger charge is -2.41. The van der Waals surface area contributed by atoms with Gasteiger partial charge in [0.15, 0.2) is 5.82 Å². The standard InChI is InChI=1S/C17H22FN7S/c1-10(2)14-12(18)5-22-16(23-14)25-7-11-8-26-15(19)24-17(11,9-25)13-6-20-3-4-21-13/h3-6,10-11,15,24H,7-9,19H2,1-2H3. The second kappa shape index (κ2) is 6.71. The minimum absolute atomic E-state index is 0.00214. The van der Waals surface area contributed by atoms with E-state index in [1.807, 2.05) is 13.8 Å². The molecular weight excluding hydrogens is 353 g/mol. The summed E-state index contributed by atoms with van der Waals surface area (Å²) in [5, 5.41) is 3.52. The van der Waals surface area contributed by atoms with Gasteiger partial charge >= 0.3 is 0 Å². The monoisotopic (exact) mass is 375 g/mol. The number of hydrogen-bond donors (Lipinski definition) is 2. The van der Waals surface area contributed by atoms with Crippen LogP contribution in [0.2, 0.25) is 0 Å². The summed E-state index contributed by atoms with van der Waals surface area (Å²) in [7, 11) is 0. The quantitative estimate of drug-likeness (QED) is 0.833. The van der Waals surface area contributed by atoms with Gasteiger partial charge in [-0.1, -0.05) is 13.8 Å². The van der Waals surface area contributed by atoms with Crippen molar-refractivity contribution in [2.75, 3.05) is 23.7 Å². The molecule has 0 saturated carbocycles. The van der Waals surface area contributed by atoms with Crippen LogP contribution in [-0.4, -0.2) is 44.3 Å². The molecule has 3 unspecified atom stereocenters. The van der Waals surface area contributed by atoms with Gasteiger partial charge in [-0.25, -0.2) is 14.4 Å². The fraction of sp³-hybridized carbons (Fsp3) is 0.529. The summed E-state index contributed by atoms with van der Waals surface area (Å²) in [6.07, 6.45) is 6.42. The van der Waals surface area contributed by atoms with E-state index >= 15 is 0 Å². The van der Waals surface area contributed by atoms with Gasteiger partial charge in [-0.3, -0.25) is 15.3 Å². The highest BCUT2D eigenvalue weighted by Gasteiger charge is 2.52. The summed E-state index contributed by atoms with van der Waals surface area (Å²) in [6.45, 7) is 5.23. The predicted octanol–water partition coefficient (Wildman–Crippen LogP) is 1.44. The molecule has 0 bridgehead atoms. The van der Waals surface area contributed by atoms with E-state index in [2.05, 4.69) is 30.2 Å². The lowest BCUT2D eigenvalue weighted by Crippen LogP contribution is -2.59. The Hall–Kier alpha value is -1.84. The van der Waals surface area contributed by atoms with E-state index in [1.165, 1.54) is 6.20 Å². The fourth-order valence-electron chi connectivity index (χ4n) is 3.76. The summed E-state index contributed by atoms with van der Waals surface area (Å²) in [5.41, 5.74) is 6.92. The van der Waals surface area contributed by atoms with E-state index in [0.717, 1.165) is 18.0 Å². The molecule has 9 heteroatoms. The first-order chi connectivity index (χ1) is 12.5. The zero-order valence-electron chi connectivity index (χ0n) is 14.8. The molecule has 2 aromatic rings. The molecule has 138 valence electrons. The van der Waals surface area contributed by atoms with Crippen molar-refractivity contribution in [3.05, 3.63) is 42.0 Å². The first kappa shape index (κ1) is 17.6. The molecule has 0 radical (unpaired) electrons. The minimum atomic E-state index is -0.408. The molecule has 2 fully saturated rings. The molecule has 0 aliphatic carbocycles. The number of thioether (sulfide) groups is 1. The Morgan fingerprint density at radius 2 is 2.19 bits per heavy atom. The second-order valence-electron chi connectivity index (χ2n) is 7.10. The van der Waals surface area contributed by atoms with Gasteiger partial charge in [0.2, 0.25) is 5.95 Å². The number of halogens is 1. The highest BCUT2D eigenvalue weighted by molar-refractivity contribution is 7.99. The van der Waals surface area contributed by atoms with Gasteiger partial charge in [0.1, 0.15) is 5.50 Å². The van der Waals surface area contributed by atoms with Crippen molar-refractivity contribution >= 4 is 17.7 Å². The largest absolute Gasteiger partial charge is 0.338 e. The lowest BCUT2D eigenvalue weighted by molar-refractivity contribution is 0.266. The van der Waals surface area contributed by atoms with Crippen LogP contribution >= 0.6 is 11.8 Å². The number of hydrogen-bond acceptors (Lipinski definition) is 8. The average molecular weight is 375 g/mol. The number of aromatic nitrogens is 4. The molecule has 2 aliphatic heterocycles. The van der Waals surface area contributed by atoms with Crippen molar-refractivity contribution in [1.29, 1.82) is 0 Å². The topological polar surface area (TPSA) is 92.9 Å². The van der Waals surface area contributed by atoms with Gasteiger partial charge in [0, 0.05) is 37.2 Å². The van der Waals surface area contributed by atoms with Gasteiger partial charge in [-0.2, -0.15) is 0 Å². The summed E-state index contributed by atoms with van der Waals surface area (Å²) in [5.74, 6) is 1.37. The number of nitrogens with two attached hydrogens (primary N) is 1. The Labute approximate surface area is 156 Å². The Balaban J connectivity index is 1.71. The number of anilines is 1. The van der Waals surface area contributed by atoms with Crippen molar-refractivity contribution in [1.82, 2.24) is 25.3 Å². The van der Waals surface area contributed by atoms with Gasteiger partial charge in [-0.05, 0) is 5.92 Å². The van der Waals surface area contributed by atoms with E-state index < -0.39 is 5.54 Å². The van der Waals surface area contributed by atoms with Crippen molar-refractivity contribution in [3.8, 4) is 0 Å². The second-order valence-corrected chi connectivity index (χ2v) is 8.27. The number of fused-ring (bicyclic) bond motifs is 1. The van der Waals surface area contributed by atoms with Crippen LogP contribution in [0.1, 0.15) is 31.2 Å². The number of nitrogens with one attached hydrogen (secondary N) is 1. The van der Waals surface area contributed by atoms with Crippen LogP contribution in [0.3, 0.4) is 0 Å². The van der Waals surface area contributed by atoms with E-state index in [-0.39, 0.29) is 23.2 Å². The Bertz CT molecular complexity index is 790. The molecular formula is C17H22FN7S. The van der Waals surface area contributed by atoms with Crippen molar-refractivity contribution in [2.45, 2.75) is 30.8 Å². The van der Waals surface area contributed by atoms with Gasteiger partial charge < -0.3 is 10.6 Å². The number of rotatable bonds is 3. The zero-order valence-corrected chi connectivity index (χ0v) is 15.6. The van der Waals surface area contributed by atoms with Gasteiger partial charge in [0.25, 0.3) is 0 Å². The molecule has 0 aromatic carbocycles. The summed E-state index contributed by atoms with van der Waals surface area (Å²) in [6, 6.07) is 0. The van der Waals surface area contributed by atoms with E-state index in [9.17, 15) is 4.39 Å². The zero-order chi connectivity index (χ0) is 18.3. The maximum atomic E-state index is 14.0. The minimum Gasteiger partial charge on any atom is -0.338 e. The van der Waals surface area contributed by atoms with Crippen LogP contribution in [0.4, 0.5) is 10.3 Å². The maximum absolute atomic E-state index is 14.0. The average Bonchev–Trinajstić information content (AvgIpc) is 3.02. The third kappa shape index (κ3) is 2.93. The maximum Gasteiger partial charge on any atom is 0.225 e. The molecule has 7 nitrogen and oxygen atoms in total. The molecule has 0 amide bonds. The molecule has 2 aromatic heterocycles. The lowest BCUT2D eigenvalue weighted by atomic mass is 9.85. The first-order valence-corrected chi connectivity index (χ1v) is 9.73. The van der Waals surface area contributed by atoms with Crippen molar-refractivity contribution in [3.63, 3.8) is 0 Å². The molecule has 3 N–H and O–H groups in total. The third-order valence-electron chi connectivity index (χ3n) is 5.06. The Morgan fingerprint density at radius 3 is 2.92 bits per heavy atom. The predicted molar refractivity (Wildman–Crippen MR) is 99.1 cm³/mol. The molecule has 0 spiro atoms. The first-order valence-electron chi connectivity index (χ1n) is 8.68. The highest BCUT2D eigenvalue weighted by Crippen LogP contribution is 2.42. The summed E-state index contributed by atoms with van der Waals surface area (Å²) >= 11 is 1.69. The van der Waals surface area contributed by atoms with Crippen LogP contribution in [-0.2, 0) is 5.54 Å². The normalized spacial score (nSPS) is 28.4. The van der Waals surface area contributed by atoms with E-state index in [1.54, 1.807) is 30.4 Å². The van der Waals surface area contributed by atoms with Crippen molar-refractivity contribution < 1.29 is 4.39 Å². The Morgan fingerprint density at radius 1 is 1.35 bits per heavy atom. The van der Waals surface area contributed by atoms with Crippen LogP contribution in [0.25, 0.3) is 0 Å². The highest BCUT2D eigenvalue weighted by atomic mass is 32.2. The van der Waals surface area contributed by atoms with Gasteiger partial charge in [-0.15, -0.1) is 11.8 Å². The van der Waals surface area contributed by atoms with Crippen LogP contribution in [0.15, 0.2) is 24.8 Å². The third-order valence-corrected chi connectivity index (χ3v) is 6.14. The molecule has 4 heterocycles. The van der Waals surface area contributed by atoms with E-state index in [4.69, 9.17) is 5.73 Å².